The minimum atomic E-state index is 0.372. The third kappa shape index (κ3) is 3.15. The first-order valence-corrected chi connectivity index (χ1v) is 6.84. The number of ether oxygens (including phenoxy) is 2. The molecule has 0 unspecified atom stereocenters. The standard InChI is InChI=1S/C19H13O3/c20-14-15-8-4-5-11-17(15)22-19-13-7-6-12-18(19)21-16-9-2-1-3-10-16/h1-13H. The molecule has 0 amide bonds. The van der Waals surface area contributed by atoms with Gasteiger partial charge in [-0.2, -0.15) is 0 Å². The van der Waals surface area contributed by atoms with Crippen molar-refractivity contribution in [3.63, 3.8) is 0 Å². The first-order valence-electron chi connectivity index (χ1n) is 6.84. The molecule has 0 saturated heterocycles. The predicted molar refractivity (Wildman–Crippen MR) is 84.3 cm³/mol. The largest absolute Gasteiger partial charge is 0.453 e. The van der Waals surface area contributed by atoms with Gasteiger partial charge >= 0.3 is 0 Å². The van der Waals surface area contributed by atoms with Crippen LogP contribution in [-0.4, -0.2) is 6.29 Å². The van der Waals surface area contributed by atoms with Crippen molar-refractivity contribution < 1.29 is 14.3 Å². The summed E-state index contributed by atoms with van der Waals surface area (Å²) in [6.07, 6.45) is 1.87. The molecule has 0 heterocycles. The van der Waals surface area contributed by atoms with E-state index in [9.17, 15) is 4.79 Å². The molecule has 0 bridgehead atoms. The van der Waals surface area contributed by atoms with E-state index in [1.165, 1.54) is 0 Å². The van der Waals surface area contributed by atoms with Crippen molar-refractivity contribution in [3.8, 4) is 23.0 Å². The van der Waals surface area contributed by atoms with Crippen molar-refractivity contribution in [3.05, 3.63) is 84.4 Å². The van der Waals surface area contributed by atoms with Gasteiger partial charge in [-0.05, 0) is 36.4 Å². The zero-order chi connectivity index (χ0) is 15.2. The number of hydrogen-bond donors (Lipinski definition) is 0. The minimum Gasteiger partial charge on any atom is -0.453 e. The van der Waals surface area contributed by atoms with E-state index < -0.39 is 0 Å². The Morgan fingerprint density at radius 1 is 0.591 bits per heavy atom. The lowest BCUT2D eigenvalue weighted by molar-refractivity contribution is 0.418. The second-order valence-electron chi connectivity index (χ2n) is 4.56. The van der Waals surface area contributed by atoms with E-state index in [4.69, 9.17) is 9.47 Å². The maximum absolute atomic E-state index is 11.0. The van der Waals surface area contributed by atoms with Gasteiger partial charge in [-0.1, -0.05) is 42.5 Å². The zero-order valence-electron chi connectivity index (χ0n) is 11.7. The highest BCUT2D eigenvalue weighted by Crippen LogP contribution is 2.35. The van der Waals surface area contributed by atoms with Crippen LogP contribution in [-0.2, 0) is 4.79 Å². The molecule has 3 nitrogen and oxygen atoms in total. The molecule has 0 spiro atoms. The normalized spacial score (nSPS) is 10.0. The lowest BCUT2D eigenvalue weighted by Crippen LogP contribution is -1.93. The molecule has 22 heavy (non-hydrogen) atoms. The molecule has 0 aliphatic carbocycles. The van der Waals surface area contributed by atoms with Gasteiger partial charge in [-0.25, -0.2) is 0 Å². The summed E-state index contributed by atoms with van der Waals surface area (Å²) in [5.74, 6) is 2.28. The molecule has 0 fully saturated rings. The van der Waals surface area contributed by atoms with Crippen LogP contribution in [0.5, 0.6) is 23.0 Å². The summed E-state index contributed by atoms with van der Waals surface area (Å²) in [6.45, 7) is 0. The predicted octanol–water partition coefficient (Wildman–Crippen LogP) is 4.73. The molecule has 0 saturated carbocycles. The second-order valence-corrected chi connectivity index (χ2v) is 4.56. The van der Waals surface area contributed by atoms with E-state index in [1.54, 1.807) is 30.3 Å². The maximum Gasteiger partial charge on any atom is 0.237 e. The fourth-order valence-electron chi connectivity index (χ4n) is 1.99. The Labute approximate surface area is 128 Å². The van der Waals surface area contributed by atoms with Gasteiger partial charge in [0.15, 0.2) is 11.5 Å². The Hall–Kier alpha value is -3.07. The van der Waals surface area contributed by atoms with E-state index in [-0.39, 0.29) is 0 Å². The SMILES string of the molecule is O=[C]c1ccccc1Oc1ccccc1Oc1ccccc1. The van der Waals surface area contributed by atoms with Crippen LogP contribution in [0.1, 0.15) is 5.56 Å². The molecule has 0 N–H and O–H groups in total. The van der Waals surface area contributed by atoms with Crippen molar-refractivity contribution in [2.24, 2.45) is 0 Å². The van der Waals surface area contributed by atoms with Crippen LogP contribution < -0.4 is 9.47 Å². The summed E-state index contributed by atoms with van der Waals surface area (Å²) in [4.78, 5) is 11.0. The molecular weight excluding hydrogens is 276 g/mol. The summed E-state index contributed by atoms with van der Waals surface area (Å²) in [5, 5.41) is 0. The smallest absolute Gasteiger partial charge is 0.237 e. The van der Waals surface area contributed by atoms with E-state index in [2.05, 4.69) is 0 Å². The van der Waals surface area contributed by atoms with Crippen molar-refractivity contribution in [2.45, 2.75) is 0 Å². The highest BCUT2D eigenvalue weighted by molar-refractivity contribution is 5.79. The summed E-state index contributed by atoms with van der Waals surface area (Å²) in [5.41, 5.74) is 0.372. The van der Waals surface area contributed by atoms with E-state index >= 15 is 0 Å². The molecule has 0 atom stereocenters. The third-order valence-electron chi connectivity index (χ3n) is 3.04. The van der Waals surface area contributed by atoms with Gasteiger partial charge in [0.2, 0.25) is 6.29 Å². The Bertz CT molecular complexity index is 766. The van der Waals surface area contributed by atoms with Crippen LogP contribution >= 0.6 is 0 Å². The van der Waals surface area contributed by atoms with Crippen LogP contribution in [0.4, 0.5) is 0 Å². The van der Waals surface area contributed by atoms with Crippen molar-refractivity contribution in [1.82, 2.24) is 0 Å². The van der Waals surface area contributed by atoms with Crippen LogP contribution in [0.3, 0.4) is 0 Å². The molecule has 1 radical (unpaired) electrons. The van der Waals surface area contributed by atoms with Crippen LogP contribution in [0.25, 0.3) is 0 Å². The summed E-state index contributed by atoms with van der Waals surface area (Å²) in [6, 6.07) is 23.7. The average molecular weight is 289 g/mol. The molecule has 107 valence electrons. The first kappa shape index (κ1) is 13.9. The Balaban J connectivity index is 1.90. The van der Waals surface area contributed by atoms with E-state index in [0.717, 1.165) is 0 Å². The molecule has 0 aromatic heterocycles. The molecular formula is C19H13O3. The molecule has 3 aromatic carbocycles. The topological polar surface area (TPSA) is 35.5 Å². The van der Waals surface area contributed by atoms with Gasteiger partial charge in [0.25, 0.3) is 0 Å². The van der Waals surface area contributed by atoms with Crippen molar-refractivity contribution >= 4 is 6.29 Å². The van der Waals surface area contributed by atoms with Gasteiger partial charge in [-0.15, -0.1) is 0 Å². The highest BCUT2D eigenvalue weighted by atomic mass is 16.5. The Kier molecular flexibility index (Phi) is 4.16. The summed E-state index contributed by atoms with van der Waals surface area (Å²) < 4.78 is 11.6. The van der Waals surface area contributed by atoms with Gasteiger partial charge < -0.3 is 9.47 Å². The molecule has 0 aliphatic heterocycles. The van der Waals surface area contributed by atoms with Gasteiger partial charge in [0, 0.05) is 0 Å². The second kappa shape index (κ2) is 6.59. The fraction of sp³-hybridized carbons (Fsp3) is 0. The number of benzene rings is 3. The summed E-state index contributed by atoms with van der Waals surface area (Å²) >= 11 is 0. The Morgan fingerprint density at radius 3 is 1.82 bits per heavy atom. The summed E-state index contributed by atoms with van der Waals surface area (Å²) in [7, 11) is 0. The Morgan fingerprint density at radius 2 is 1.14 bits per heavy atom. The maximum atomic E-state index is 11.0. The average Bonchev–Trinajstić information content (AvgIpc) is 2.58. The van der Waals surface area contributed by atoms with E-state index in [1.807, 2.05) is 54.8 Å². The van der Waals surface area contributed by atoms with E-state index in [0.29, 0.717) is 28.6 Å². The van der Waals surface area contributed by atoms with Crippen molar-refractivity contribution in [1.29, 1.82) is 0 Å². The zero-order valence-corrected chi connectivity index (χ0v) is 11.7. The molecule has 3 heteroatoms. The number of para-hydroxylation sites is 4. The fourth-order valence-corrected chi connectivity index (χ4v) is 1.99. The van der Waals surface area contributed by atoms with Crippen LogP contribution in [0.15, 0.2) is 78.9 Å². The van der Waals surface area contributed by atoms with Crippen molar-refractivity contribution in [2.75, 3.05) is 0 Å². The van der Waals surface area contributed by atoms with Gasteiger partial charge in [-0.3, -0.25) is 4.79 Å². The highest BCUT2D eigenvalue weighted by Gasteiger charge is 2.09. The minimum absolute atomic E-state index is 0.372. The molecule has 3 rings (SSSR count). The molecule has 3 aromatic rings. The number of hydrogen-bond acceptors (Lipinski definition) is 3. The quantitative estimate of drug-likeness (QED) is 0.681. The number of carbonyl (C=O) groups excluding carboxylic acids is 1. The van der Waals surface area contributed by atoms with Crippen LogP contribution in [0, 0.1) is 0 Å². The van der Waals surface area contributed by atoms with Crippen LogP contribution in [0.2, 0.25) is 0 Å². The third-order valence-corrected chi connectivity index (χ3v) is 3.04. The molecule has 0 aliphatic rings. The lowest BCUT2D eigenvalue weighted by Gasteiger charge is -2.12. The van der Waals surface area contributed by atoms with Gasteiger partial charge in [0.1, 0.15) is 11.5 Å². The number of rotatable bonds is 5. The monoisotopic (exact) mass is 289 g/mol. The lowest BCUT2D eigenvalue weighted by atomic mass is 10.2. The first-order chi connectivity index (χ1) is 10.9. The van der Waals surface area contributed by atoms with Gasteiger partial charge in [0.05, 0.1) is 5.56 Å².